The quantitative estimate of drug-likeness (QED) is 0.425. The Hall–Kier alpha value is -2.67. The molecule has 0 fully saturated rings. The highest BCUT2D eigenvalue weighted by Gasteiger charge is 2.35. The van der Waals surface area contributed by atoms with Crippen molar-refractivity contribution >= 4 is 44.8 Å². The molecule has 0 aliphatic carbocycles. The molecule has 29 heavy (non-hydrogen) atoms. The SMILES string of the molecule is O=C(OCc1ccc(Cl)c(Cl)c1)c1ccc2c(c1)S(=O)(=O)c1ccccc1C2=O. The number of esters is 1. The van der Waals surface area contributed by atoms with Crippen LogP contribution in [0.3, 0.4) is 0 Å². The summed E-state index contributed by atoms with van der Waals surface area (Å²) in [4.78, 5) is 24.8. The maximum atomic E-state index is 12.9. The standard InChI is InChI=1S/C21H12Cl2O5S/c22-16-8-5-12(9-17(16)23)11-28-21(25)13-6-7-15-19(10-13)29(26,27)18-4-2-1-3-14(18)20(15)24/h1-10H,11H2. The van der Waals surface area contributed by atoms with Gasteiger partial charge in [-0.15, -0.1) is 0 Å². The third kappa shape index (κ3) is 3.44. The normalized spacial score (nSPS) is 14.1. The maximum Gasteiger partial charge on any atom is 0.338 e. The molecule has 0 radical (unpaired) electrons. The molecule has 0 saturated heterocycles. The number of ether oxygens (including phenoxy) is 1. The molecule has 0 spiro atoms. The maximum absolute atomic E-state index is 12.9. The lowest BCUT2D eigenvalue weighted by Gasteiger charge is -2.19. The van der Waals surface area contributed by atoms with Gasteiger partial charge < -0.3 is 4.74 Å². The number of benzene rings is 3. The van der Waals surface area contributed by atoms with Gasteiger partial charge >= 0.3 is 5.97 Å². The molecule has 0 N–H and O–H groups in total. The van der Waals surface area contributed by atoms with Crippen molar-refractivity contribution in [2.75, 3.05) is 0 Å². The van der Waals surface area contributed by atoms with E-state index in [1.54, 1.807) is 30.3 Å². The van der Waals surface area contributed by atoms with E-state index in [4.69, 9.17) is 27.9 Å². The van der Waals surface area contributed by atoms with Crippen LogP contribution in [-0.4, -0.2) is 20.2 Å². The van der Waals surface area contributed by atoms with Gasteiger partial charge in [0.1, 0.15) is 6.61 Å². The Morgan fingerprint density at radius 3 is 2.34 bits per heavy atom. The van der Waals surface area contributed by atoms with Gasteiger partial charge in [0.05, 0.1) is 25.4 Å². The fraction of sp³-hybridized carbons (Fsp3) is 0.0476. The number of rotatable bonds is 3. The van der Waals surface area contributed by atoms with Crippen molar-refractivity contribution in [1.82, 2.24) is 0 Å². The third-order valence-electron chi connectivity index (χ3n) is 4.53. The number of hydrogen-bond acceptors (Lipinski definition) is 5. The van der Waals surface area contributed by atoms with Crippen molar-refractivity contribution in [2.45, 2.75) is 16.4 Å². The zero-order valence-electron chi connectivity index (χ0n) is 14.7. The Morgan fingerprint density at radius 1 is 0.862 bits per heavy atom. The van der Waals surface area contributed by atoms with E-state index in [2.05, 4.69) is 0 Å². The van der Waals surface area contributed by atoms with Crippen LogP contribution in [0.5, 0.6) is 0 Å². The number of ketones is 1. The van der Waals surface area contributed by atoms with Crippen LogP contribution in [0.4, 0.5) is 0 Å². The highest BCUT2D eigenvalue weighted by atomic mass is 35.5. The predicted molar refractivity (Wildman–Crippen MR) is 107 cm³/mol. The summed E-state index contributed by atoms with van der Waals surface area (Å²) in [5.74, 6) is -1.12. The van der Waals surface area contributed by atoms with Gasteiger partial charge in [0, 0.05) is 11.1 Å². The van der Waals surface area contributed by atoms with E-state index in [-0.39, 0.29) is 33.1 Å². The fourth-order valence-electron chi connectivity index (χ4n) is 3.07. The lowest BCUT2D eigenvalue weighted by atomic mass is 10.0. The predicted octanol–water partition coefficient (Wildman–Crippen LogP) is 4.73. The molecule has 1 heterocycles. The van der Waals surface area contributed by atoms with Crippen LogP contribution in [0.2, 0.25) is 10.0 Å². The topological polar surface area (TPSA) is 77.5 Å². The minimum atomic E-state index is -3.93. The summed E-state index contributed by atoms with van der Waals surface area (Å²) in [6.45, 7) is -0.0681. The van der Waals surface area contributed by atoms with Gasteiger partial charge in [-0.25, -0.2) is 13.2 Å². The van der Waals surface area contributed by atoms with Crippen LogP contribution in [0.1, 0.15) is 31.8 Å². The van der Waals surface area contributed by atoms with Crippen LogP contribution in [0.25, 0.3) is 0 Å². The van der Waals surface area contributed by atoms with Gasteiger partial charge in [-0.1, -0.05) is 41.4 Å². The van der Waals surface area contributed by atoms with Crippen molar-refractivity contribution in [1.29, 1.82) is 0 Å². The molecule has 0 aromatic heterocycles. The minimum Gasteiger partial charge on any atom is -0.457 e. The number of carbonyl (C=O) groups is 2. The Kier molecular flexibility index (Phi) is 4.94. The Labute approximate surface area is 176 Å². The molecule has 0 saturated carbocycles. The first kappa shape index (κ1) is 19.6. The van der Waals surface area contributed by atoms with Crippen molar-refractivity contribution in [3.05, 3.63) is 93.0 Å². The number of fused-ring (bicyclic) bond motifs is 2. The number of halogens is 2. The summed E-state index contributed by atoms with van der Waals surface area (Å²) < 4.78 is 31.1. The average molecular weight is 447 g/mol. The molecule has 5 nitrogen and oxygen atoms in total. The van der Waals surface area contributed by atoms with Crippen LogP contribution in [-0.2, 0) is 21.2 Å². The molecular formula is C21H12Cl2O5S. The third-order valence-corrected chi connectivity index (χ3v) is 7.12. The second-order valence-electron chi connectivity index (χ2n) is 6.36. The van der Waals surface area contributed by atoms with E-state index in [0.29, 0.717) is 15.6 Å². The van der Waals surface area contributed by atoms with E-state index in [0.717, 1.165) is 0 Å². The van der Waals surface area contributed by atoms with Gasteiger partial charge in [0.25, 0.3) is 0 Å². The molecule has 3 aromatic rings. The van der Waals surface area contributed by atoms with Crippen LogP contribution in [0.15, 0.2) is 70.5 Å². The molecule has 146 valence electrons. The summed E-state index contributed by atoms with van der Waals surface area (Å²) in [6.07, 6.45) is 0. The lowest BCUT2D eigenvalue weighted by molar-refractivity contribution is 0.0472. The summed E-state index contributed by atoms with van der Waals surface area (Å²) >= 11 is 11.8. The van der Waals surface area contributed by atoms with E-state index in [1.807, 2.05) is 0 Å². The Morgan fingerprint density at radius 2 is 1.59 bits per heavy atom. The summed E-state index contributed by atoms with van der Waals surface area (Å²) in [7, 11) is -3.93. The Bertz CT molecular complexity index is 1280. The summed E-state index contributed by atoms with van der Waals surface area (Å²) in [5.41, 5.74) is 0.807. The first-order valence-electron chi connectivity index (χ1n) is 8.43. The summed E-state index contributed by atoms with van der Waals surface area (Å²) in [5, 5.41) is 0.712. The van der Waals surface area contributed by atoms with Crippen LogP contribution < -0.4 is 0 Å². The Balaban J connectivity index is 1.64. The van der Waals surface area contributed by atoms with E-state index < -0.39 is 21.6 Å². The van der Waals surface area contributed by atoms with E-state index in [9.17, 15) is 18.0 Å². The molecular weight excluding hydrogens is 435 g/mol. The van der Waals surface area contributed by atoms with Gasteiger partial charge in [0.2, 0.25) is 9.84 Å². The molecule has 0 atom stereocenters. The van der Waals surface area contributed by atoms with Gasteiger partial charge in [-0.2, -0.15) is 0 Å². The zero-order chi connectivity index (χ0) is 20.8. The number of sulfone groups is 1. The fourth-order valence-corrected chi connectivity index (χ4v) is 5.07. The molecule has 8 heteroatoms. The molecule has 1 aliphatic rings. The smallest absolute Gasteiger partial charge is 0.338 e. The average Bonchev–Trinajstić information content (AvgIpc) is 2.72. The molecule has 0 amide bonds. The largest absolute Gasteiger partial charge is 0.457 e. The van der Waals surface area contributed by atoms with Crippen LogP contribution >= 0.6 is 23.2 Å². The van der Waals surface area contributed by atoms with Gasteiger partial charge in [-0.3, -0.25) is 4.79 Å². The second kappa shape index (κ2) is 7.30. The van der Waals surface area contributed by atoms with E-state index >= 15 is 0 Å². The molecule has 4 rings (SSSR count). The highest BCUT2D eigenvalue weighted by Crippen LogP contribution is 2.35. The van der Waals surface area contributed by atoms with Crippen LogP contribution in [0, 0.1) is 0 Å². The number of carbonyl (C=O) groups excluding carboxylic acids is 2. The van der Waals surface area contributed by atoms with E-state index in [1.165, 1.54) is 30.3 Å². The number of hydrogen-bond donors (Lipinski definition) is 0. The molecule has 0 unspecified atom stereocenters. The lowest BCUT2D eigenvalue weighted by Crippen LogP contribution is -2.21. The first-order chi connectivity index (χ1) is 13.8. The van der Waals surface area contributed by atoms with Gasteiger partial charge in [0.15, 0.2) is 5.78 Å². The first-order valence-corrected chi connectivity index (χ1v) is 10.7. The van der Waals surface area contributed by atoms with Crippen molar-refractivity contribution < 1.29 is 22.7 Å². The summed E-state index contributed by atoms with van der Waals surface area (Å²) in [6, 6.07) is 14.7. The zero-order valence-corrected chi connectivity index (χ0v) is 17.0. The van der Waals surface area contributed by atoms with Crippen molar-refractivity contribution in [3.8, 4) is 0 Å². The molecule has 3 aromatic carbocycles. The van der Waals surface area contributed by atoms with Gasteiger partial charge in [-0.05, 0) is 48.0 Å². The van der Waals surface area contributed by atoms with Crippen molar-refractivity contribution in [3.63, 3.8) is 0 Å². The monoisotopic (exact) mass is 446 g/mol. The molecule has 1 aliphatic heterocycles. The second-order valence-corrected chi connectivity index (χ2v) is 9.07. The minimum absolute atomic E-state index is 0.0274. The highest BCUT2D eigenvalue weighted by molar-refractivity contribution is 7.91. The molecule has 0 bridgehead atoms. The van der Waals surface area contributed by atoms with Crippen molar-refractivity contribution in [2.24, 2.45) is 0 Å².